The molecule has 27 heavy (non-hydrogen) atoms. The van der Waals surface area contributed by atoms with E-state index in [4.69, 9.17) is 10.5 Å². The molecule has 2 heterocycles. The lowest BCUT2D eigenvalue weighted by molar-refractivity contribution is 0.415. The van der Waals surface area contributed by atoms with E-state index in [1.807, 2.05) is 36.0 Å². The molecule has 2 aromatic heterocycles. The molecule has 1 atom stereocenters. The van der Waals surface area contributed by atoms with E-state index in [2.05, 4.69) is 36.2 Å². The molecule has 5 nitrogen and oxygen atoms in total. The molecule has 0 unspecified atom stereocenters. The fourth-order valence-corrected chi connectivity index (χ4v) is 3.67. The summed E-state index contributed by atoms with van der Waals surface area (Å²) in [5.41, 5.74) is 10.5. The lowest BCUT2D eigenvalue weighted by Crippen LogP contribution is -2.09. The summed E-state index contributed by atoms with van der Waals surface area (Å²) in [4.78, 5) is 15.6. The standard InChI is InChI=1S/C22H23N3O2/c1-13(11-23)14-4-6-15(7-5-14)18-12-25(2)21-20(18)17-10-16(27-3)8-9-19(17)24-22(21)26/h4-10,12-13H,11,23H2,1-3H3,(H,24,26)/t13-/m0/s1. The van der Waals surface area contributed by atoms with Crippen LogP contribution in [0.1, 0.15) is 18.4 Å². The van der Waals surface area contributed by atoms with Crippen LogP contribution in [0.2, 0.25) is 0 Å². The largest absolute Gasteiger partial charge is 0.497 e. The molecule has 0 aliphatic heterocycles. The number of rotatable bonds is 4. The van der Waals surface area contributed by atoms with E-state index in [1.165, 1.54) is 5.56 Å². The first kappa shape index (κ1) is 17.4. The SMILES string of the molecule is COc1ccc2[nH]c(=O)c3c(c(-c4ccc([C@@H](C)CN)cc4)cn3C)c2c1. The van der Waals surface area contributed by atoms with Crippen LogP contribution in [0, 0.1) is 0 Å². The van der Waals surface area contributed by atoms with Crippen LogP contribution in [-0.2, 0) is 7.05 Å². The molecular weight excluding hydrogens is 338 g/mol. The molecule has 0 fully saturated rings. The quantitative estimate of drug-likeness (QED) is 0.581. The van der Waals surface area contributed by atoms with Gasteiger partial charge in [-0.2, -0.15) is 0 Å². The lowest BCUT2D eigenvalue weighted by Gasteiger charge is -2.10. The van der Waals surface area contributed by atoms with Crippen molar-refractivity contribution >= 4 is 21.8 Å². The van der Waals surface area contributed by atoms with Gasteiger partial charge in [-0.1, -0.05) is 31.2 Å². The van der Waals surface area contributed by atoms with E-state index in [0.29, 0.717) is 18.0 Å². The minimum Gasteiger partial charge on any atom is -0.497 e. The fourth-order valence-electron chi connectivity index (χ4n) is 3.67. The molecule has 4 rings (SSSR count). The zero-order chi connectivity index (χ0) is 19.1. The molecule has 0 saturated carbocycles. The predicted molar refractivity (Wildman–Crippen MR) is 111 cm³/mol. The summed E-state index contributed by atoms with van der Waals surface area (Å²) in [6.07, 6.45) is 2.01. The number of benzene rings is 2. The second-order valence-electron chi connectivity index (χ2n) is 7.00. The first-order valence-electron chi connectivity index (χ1n) is 9.03. The minimum atomic E-state index is -0.0928. The molecule has 0 aliphatic carbocycles. The number of aryl methyl sites for hydroxylation is 1. The second-order valence-corrected chi connectivity index (χ2v) is 7.00. The molecule has 5 heteroatoms. The van der Waals surface area contributed by atoms with E-state index in [9.17, 15) is 4.79 Å². The lowest BCUT2D eigenvalue weighted by atomic mass is 9.96. The molecule has 3 N–H and O–H groups in total. The molecule has 2 aromatic carbocycles. The molecule has 0 radical (unpaired) electrons. The van der Waals surface area contributed by atoms with Crippen LogP contribution in [0.25, 0.3) is 32.9 Å². The average molecular weight is 361 g/mol. The van der Waals surface area contributed by atoms with Gasteiger partial charge in [0.15, 0.2) is 0 Å². The van der Waals surface area contributed by atoms with Crippen LogP contribution in [0.5, 0.6) is 5.75 Å². The van der Waals surface area contributed by atoms with Crippen LogP contribution in [-0.4, -0.2) is 23.2 Å². The Labute approximate surface area is 157 Å². The summed E-state index contributed by atoms with van der Waals surface area (Å²) in [6, 6.07) is 14.1. The van der Waals surface area contributed by atoms with Crippen molar-refractivity contribution in [2.45, 2.75) is 12.8 Å². The molecule has 0 bridgehead atoms. The van der Waals surface area contributed by atoms with Gasteiger partial charge in [-0.15, -0.1) is 0 Å². The van der Waals surface area contributed by atoms with Crippen LogP contribution in [0.3, 0.4) is 0 Å². The second kappa shape index (κ2) is 6.59. The van der Waals surface area contributed by atoms with Gasteiger partial charge < -0.3 is 20.0 Å². The molecule has 4 aromatic rings. The van der Waals surface area contributed by atoms with Crippen molar-refractivity contribution in [2.75, 3.05) is 13.7 Å². The van der Waals surface area contributed by atoms with Crippen molar-refractivity contribution in [3.63, 3.8) is 0 Å². The van der Waals surface area contributed by atoms with Crippen LogP contribution < -0.4 is 16.0 Å². The maximum absolute atomic E-state index is 12.7. The molecule has 0 spiro atoms. The van der Waals surface area contributed by atoms with Crippen LogP contribution in [0.4, 0.5) is 0 Å². The maximum atomic E-state index is 12.7. The van der Waals surface area contributed by atoms with Crippen molar-refractivity contribution in [3.05, 3.63) is 64.6 Å². The third-order valence-corrected chi connectivity index (χ3v) is 5.29. The highest BCUT2D eigenvalue weighted by atomic mass is 16.5. The van der Waals surface area contributed by atoms with Crippen molar-refractivity contribution in [1.82, 2.24) is 9.55 Å². The number of hydrogen-bond acceptors (Lipinski definition) is 3. The Balaban J connectivity index is 2.02. The molecule has 0 aliphatic rings. The van der Waals surface area contributed by atoms with E-state index in [0.717, 1.165) is 33.2 Å². The Morgan fingerprint density at radius 3 is 2.59 bits per heavy atom. The number of H-pyrrole nitrogens is 1. The number of methoxy groups -OCH3 is 1. The monoisotopic (exact) mass is 361 g/mol. The summed E-state index contributed by atoms with van der Waals surface area (Å²) < 4.78 is 7.29. The summed E-state index contributed by atoms with van der Waals surface area (Å²) in [5, 5.41) is 1.91. The summed E-state index contributed by atoms with van der Waals surface area (Å²) >= 11 is 0. The smallest absolute Gasteiger partial charge is 0.272 e. The van der Waals surface area contributed by atoms with Gasteiger partial charge >= 0.3 is 0 Å². The number of nitrogens with two attached hydrogens (primary N) is 1. The molecule has 0 amide bonds. The molecule has 0 saturated heterocycles. The van der Waals surface area contributed by atoms with E-state index < -0.39 is 0 Å². The van der Waals surface area contributed by atoms with Crippen molar-refractivity contribution in [1.29, 1.82) is 0 Å². The summed E-state index contributed by atoms with van der Waals surface area (Å²) in [6.45, 7) is 2.74. The number of hydrogen-bond donors (Lipinski definition) is 2. The number of nitrogens with zero attached hydrogens (tertiary/aromatic N) is 1. The molecular formula is C22H23N3O2. The third kappa shape index (κ3) is 2.80. The first-order valence-corrected chi connectivity index (χ1v) is 9.03. The Bertz CT molecular complexity index is 1190. The third-order valence-electron chi connectivity index (χ3n) is 5.29. The van der Waals surface area contributed by atoms with Gasteiger partial charge in [0.05, 0.1) is 7.11 Å². The first-order chi connectivity index (χ1) is 13.0. The number of pyridine rings is 1. The van der Waals surface area contributed by atoms with Crippen LogP contribution in [0.15, 0.2) is 53.5 Å². The van der Waals surface area contributed by atoms with Crippen molar-refractivity contribution in [3.8, 4) is 16.9 Å². The van der Waals surface area contributed by atoms with Gasteiger partial charge in [-0.25, -0.2) is 0 Å². The van der Waals surface area contributed by atoms with Gasteiger partial charge in [0, 0.05) is 35.1 Å². The van der Waals surface area contributed by atoms with Gasteiger partial charge in [-0.05, 0) is 41.8 Å². The summed E-state index contributed by atoms with van der Waals surface area (Å²) in [7, 11) is 3.55. The van der Waals surface area contributed by atoms with Crippen LogP contribution >= 0.6 is 0 Å². The summed E-state index contributed by atoms with van der Waals surface area (Å²) in [5.74, 6) is 1.08. The van der Waals surface area contributed by atoms with Gasteiger partial charge in [-0.3, -0.25) is 4.79 Å². The normalized spacial score (nSPS) is 12.6. The highest BCUT2D eigenvalue weighted by Gasteiger charge is 2.16. The van der Waals surface area contributed by atoms with Crippen molar-refractivity contribution < 1.29 is 4.74 Å². The van der Waals surface area contributed by atoms with E-state index in [1.54, 1.807) is 7.11 Å². The van der Waals surface area contributed by atoms with Gasteiger partial charge in [0.1, 0.15) is 11.3 Å². The zero-order valence-corrected chi connectivity index (χ0v) is 15.7. The Morgan fingerprint density at radius 1 is 1.19 bits per heavy atom. The van der Waals surface area contributed by atoms with Crippen molar-refractivity contribution in [2.24, 2.45) is 12.8 Å². The average Bonchev–Trinajstić information content (AvgIpc) is 3.05. The fraction of sp³-hybridized carbons (Fsp3) is 0.227. The number of nitrogens with one attached hydrogen (secondary N) is 1. The minimum absolute atomic E-state index is 0.0928. The number of aromatic nitrogens is 2. The number of ether oxygens (including phenoxy) is 1. The van der Waals surface area contributed by atoms with E-state index >= 15 is 0 Å². The number of fused-ring (bicyclic) bond motifs is 3. The Morgan fingerprint density at radius 2 is 1.93 bits per heavy atom. The topological polar surface area (TPSA) is 73.0 Å². The van der Waals surface area contributed by atoms with E-state index in [-0.39, 0.29) is 5.56 Å². The Hall–Kier alpha value is -3.05. The van der Waals surface area contributed by atoms with Gasteiger partial charge in [0.2, 0.25) is 0 Å². The number of aromatic amines is 1. The zero-order valence-electron chi connectivity index (χ0n) is 15.7. The predicted octanol–water partition coefficient (Wildman–Crippen LogP) is 3.76. The Kier molecular flexibility index (Phi) is 4.24. The highest BCUT2D eigenvalue weighted by Crippen LogP contribution is 2.35. The highest BCUT2D eigenvalue weighted by molar-refractivity contribution is 6.12. The molecule has 138 valence electrons. The maximum Gasteiger partial charge on any atom is 0.272 e. The van der Waals surface area contributed by atoms with Gasteiger partial charge in [0.25, 0.3) is 5.56 Å².